The third-order valence-electron chi connectivity index (χ3n) is 4.43. The summed E-state index contributed by atoms with van der Waals surface area (Å²) in [5, 5.41) is 9.28. The number of rotatable bonds is 6. The van der Waals surface area contributed by atoms with Gasteiger partial charge in [0.25, 0.3) is 5.91 Å². The van der Waals surface area contributed by atoms with Crippen molar-refractivity contribution in [3.8, 4) is 0 Å². The SMILES string of the molecule is CCC(C)NS(=O)(=O)c1ccc(C(=O)N2CCCC[C@@H]2C(=O)O)cc1. The zero-order valence-electron chi connectivity index (χ0n) is 14.4. The molecule has 0 aliphatic carbocycles. The lowest BCUT2D eigenvalue weighted by Gasteiger charge is -2.33. The molecule has 1 aliphatic rings. The number of carboxylic acid groups (broad SMARTS) is 1. The highest BCUT2D eigenvalue weighted by atomic mass is 32.2. The summed E-state index contributed by atoms with van der Waals surface area (Å²) in [4.78, 5) is 25.4. The standard InChI is InChI=1S/C17H24N2O5S/c1-3-12(2)18-25(23,24)14-9-7-13(8-10-14)16(20)19-11-5-4-6-15(19)17(21)22/h7-10,12,15,18H,3-6,11H2,1-2H3,(H,21,22)/t12?,15-/m1/s1. The van der Waals surface area contributed by atoms with Gasteiger partial charge < -0.3 is 10.0 Å². The Labute approximate surface area is 148 Å². The smallest absolute Gasteiger partial charge is 0.326 e. The Morgan fingerprint density at radius 3 is 2.48 bits per heavy atom. The molecular weight excluding hydrogens is 344 g/mol. The van der Waals surface area contributed by atoms with Gasteiger partial charge in [0.2, 0.25) is 10.0 Å². The van der Waals surface area contributed by atoms with Gasteiger partial charge in [0.1, 0.15) is 6.04 Å². The van der Waals surface area contributed by atoms with Crippen molar-refractivity contribution >= 4 is 21.9 Å². The first-order valence-electron chi connectivity index (χ1n) is 8.42. The first-order chi connectivity index (χ1) is 11.8. The molecule has 0 spiro atoms. The maximum atomic E-state index is 12.6. The number of hydrogen-bond acceptors (Lipinski definition) is 4. The summed E-state index contributed by atoms with van der Waals surface area (Å²) in [6, 6.07) is 4.60. The number of carbonyl (C=O) groups excluding carboxylic acids is 1. The van der Waals surface area contributed by atoms with Crippen LogP contribution in [0.25, 0.3) is 0 Å². The Kier molecular flexibility index (Phi) is 6.18. The molecule has 1 saturated heterocycles. The van der Waals surface area contributed by atoms with Crippen molar-refractivity contribution in [3.63, 3.8) is 0 Å². The van der Waals surface area contributed by atoms with Crippen LogP contribution in [0.5, 0.6) is 0 Å². The number of nitrogens with zero attached hydrogens (tertiary/aromatic N) is 1. The largest absolute Gasteiger partial charge is 0.480 e. The van der Waals surface area contributed by atoms with Gasteiger partial charge in [0.15, 0.2) is 0 Å². The van der Waals surface area contributed by atoms with E-state index in [0.29, 0.717) is 19.4 Å². The minimum atomic E-state index is -3.63. The lowest BCUT2D eigenvalue weighted by atomic mass is 10.0. The summed E-state index contributed by atoms with van der Waals surface area (Å²) in [6.07, 6.45) is 2.65. The van der Waals surface area contributed by atoms with Crippen molar-refractivity contribution < 1.29 is 23.1 Å². The number of hydrogen-bond donors (Lipinski definition) is 2. The average Bonchev–Trinajstić information content (AvgIpc) is 2.60. The van der Waals surface area contributed by atoms with E-state index in [1.807, 2.05) is 6.92 Å². The minimum Gasteiger partial charge on any atom is -0.480 e. The molecule has 7 nitrogen and oxygen atoms in total. The van der Waals surface area contributed by atoms with E-state index < -0.39 is 22.0 Å². The number of amides is 1. The van der Waals surface area contributed by atoms with Crippen LogP contribution in [0.4, 0.5) is 0 Å². The van der Waals surface area contributed by atoms with E-state index in [9.17, 15) is 23.1 Å². The highest BCUT2D eigenvalue weighted by Crippen LogP contribution is 2.21. The van der Waals surface area contributed by atoms with Crippen LogP contribution in [0.3, 0.4) is 0 Å². The van der Waals surface area contributed by atoms with Crippen LogP contribution >= 0.6 is 0 Å². The summed E-state index contributed by atoms with van der Waals surface area (Å²) in [6.45, 7) is 4.05. The lowest BCUT2D eigenvalue weighted by Crippen LogP contribution is -2.48. The van der Waals surface area contributed by atoms with E-state index in [4.69, 9.17) is 0 Å². The molecule has 138 valence electrons. The molecule has 1 aromatic carbocycles. The molecule has 1 aliphatic heterocycles. The summed E-state index contributed by atoms with van der Waals surface area (Å²) in [7, 11) is -3.63. The summed E-state index contributed by atoms with van der Waals surface area (Å²) < 4.78 is 27.0. The van der Waals surface area contributed by atoms with Crippen LogP contribution in [-0.2, 0) is 14.8 Å². The number of benzene rings is 1. The molecule has 0 aromatic heterocycles. The molecule has 0 bridgehead atoms. The van der Waals surface area contributed by atoms with Crippen molar-refractivity contribution in [2.24, 2.45) is 0 Å². The Balaban J connectivity index is 2.19. The predicted octanol–water partition coefficient (Wildman–Crippen LogP) is 1.84. The average molecular weight is 368 g/mol. The topological polar surface area (TPSA) is 104 Å². The quantitative estimate of drug-likeness (QED) is 0.797. The van der Waals surface area contributed by atoms with Crippen LogP contribution in [0.1, 0.15) is 49.9 Å². The van der Waals surface area contributed by atoms with Crippen molar-refractivity contribution in [2.45, 2.75) is 56.5 Å². The Morgan fingerprint density at radius 2 is 1.92 bits per heavy atom. The van der Waals surface area contributed by atoms with E-state index in [2.05, 4.69) is 4.72 Å². The third kappa shape index (κ3) is 4.58. The number of nitrogens with one attached hydrogen (secondary N) is 1. The fourth-order valence-electron chi connectivity index (χ4n) is 2.79. The van der Waals surface area contributed by atoms with Crippen LogP contribution in [0.15, 0.2) is 29.2 Å². The molecular formula is C17H24N2O5S. The van der Waals surface area contributed by atoms with Crippen LogP contribution in [-0.4, -0.2) is 48.9 Å². The molecule has 1 amide bonds. The number of piperidine rings is 1. The van der Waals surface area contributed by atoms with Crippen molar-refractivity contribution in [2.75, 3.05) is 6.54 Å². The molecule has 25 heavy (non-hydrogen) atoms. The molecule has 1 aromatic rings. The zero-order valence-corrected chi connectivity index (χ0v) is 15.3. The fraction of sp³-hybridized carbons (Fsp3) is 0.529. The van der Waals surface area contributed by atoms with Crippen LogP contribution in [0, 0.1) is 0 Å². The number of carbonyl (C=O) groups is 2. The molecule has 1 unspecified atom stereocenters. The van der Waals surface area contributed by atoms with Gasteiger partial charge in [-0.3, -0.25) is 4.79 Å². The van der Waals surface area contributed by atoms with Crippen molar-refractivity contribution in [1.82, 2.24) is 9.62 Å². The number of likely N-dealkylation sites (tertiary alicyclic amines) is 1. The van der Waals surface area contributed by atoms with Crippen molar-refractivity contribution in [3.05, 3.63) is 29.8 Å². The summed E-state index contributed by atoms with van der Waals surface area (Å²) in [5.74, 6) is -1.39. The van der Waals surface area contributed by atoms with Gasteiger partial charge in [0, 0.05) is 18.2 Å². The monoisotopic (exact) mass is 368 g/mol. The predicted molar refractivity (Wildman–Crippen MR) is 92.8 cm³/mol. The number of carboxylic acids is 1. The number of sulfonamides is 1. The second kappa shape index (κ2) is 7.97. The number of aliphatic carboxylic acids is 1. The Morgan fingerprint density at radius 1 is 1.28 bits per heavy atom. The summed E-state index contributed by atoms with van der Waals surface area (Å²) >= 11 is 0. The minimum absolute atomic E-state index is 0.0813. The van der Waals surface area contributed by atoms with E-state index in [1.165, 1.54) is 29.2 Å². The van der Waals surface area contributed by atoms with Gasteiger partial charge in [-0.1, -0.05) is 6.92 Å². The van der Waals surface area contributed by atoms with Crippen molar-refractivity contribution in [1.29, 1.82) is 0 Å². The van der Waals surface area contributed by atoms with Gasteiger partial charge in [0.05, 0.1) is 4.90 Å². The molecule has 8 heteroatoms. The second-order valence-corrected chi connectivity index (χ2v) is 8.02. The first kappa shape index (κ1) is 19.4. The highest BCUT2D eigenvalue weighted by Gasteiger charge is 2.32. The molecule has 2 rings (SSSR count). The van der Waals surface area contributed by atoms with Gasteiger partial charge in [-0.05, 0) is 56.9 Å². The molecule has 1 heterocycles. The maximum Gasteiger partial charge on any atom is 0.326 e. The van der Waals surface area contributed by atoms with Crippen LogP contribution < -0.4 is 4.72 Å². The van der Waals surface area contributed by atoms with Crippen LogP contribution in [0.2, 0.25) is 0 Å². The first-order valence-corrected chi connectivity index (χ1v) is 9.90. The zero-order chi connectivity index (χ0) is 18.6. The molecule has 2 N–H and O–H groups in total. The van der Waals surface area contributed by atoms with E-state index >= 15 is 0 Å². The van der Waals surface area contributed by atoms with E-state index in [0.717, 1.165) is 12.8 Å². The van der Waals surface area contributed by atoms with Gasteiger partial charge in [-0.15, -0.1) is 0 Å². The third-order valence-corrected chi connectivity index (χ3v) is 6.03. The second-order valence-electron chi connectivity index (χ2n) is 6.30. The summed E-state index contributed by atoms with van der Waals surface area (Å²) in [5.41, 5.74) is 0.288. The molecule has 2 atom stereocenters. The van der Waals surface area contributed by atoms with E-state index in [1.54, 1.807) is 6.92 Å². The molecule has 1 fully saturated rings. The van der Waals surface area contributed by atoms with Gasteiger partial charge in [-0.25, -0.2) is 17.9 Å². The fourth-order valence-corrected chi connectivity index (χ4v) is 4.12. The maximum absolute atomic E-state index is 12.6. The Bertz CT molecular complexity index is 730. The lowest BCUT2D eigenvalue weighted by molar-refractivity contribution is -0.143. The molecule has 0 saturated carbocycles. The van der Waals surface area contributed by atoms with Gasteiger partial charge in [-0.2, -0.15) is 0 Å². The highest BCUT2D eigenvalue weighted by molar-refractivity contribution is 7.89. The van der Waals surface area contributed by atoms with E-state index in [-0.39, 0.29) is 22.4 Å². The Hall–Kier alpha value is -1.93. The van der Waals surface area contributed by atoms with Gasteiger partial charge >= 0.3 is 5.97 Å². The normalized spacial score (nSPS) is 19.4. The molecule has 0 radical (unpaired) electrons.